The van der Waals surface area contributed by atoms with Gasteiger partial charge in [-0.3, -0.25) is 4.79 Å². The first-order chi connectivity index (χ1) is 13.0. The van der Waals surface area contributed by atoms with Crippen LogP contribution >= 0.6 is 0 Å². The van der Waals surface area contributed by atoms with Crippen molar-refractivity contribution in [1.82, 2.24) is 0 Å². The minimum Gasteiger partial charge on any atom is -0.447 e. The highest BCUT2D eigenvalue weighted by atomic mass is 16.6. The highest BCUT2D eigenvalue weighted by Gasteiger charge is 2.52. The maximum Gasteiger partial charge on any atom is 0.343 e. The van der Waals surface area contributed by atoms with E-state index in [0.717, 1.165) is 41.5 Å². The molecule has 0 atom stereocenters. The zero-order valence-corrected chi connectivity index (χ0v) is 18.0. The van der Waals surface area contributed by atoms with Crippen LogP contribution in [-0.4, -0.2) is 17.5 Å². The molecule has 1 spiro atoms. The van der Waals surface area contributed by atoms with Gasteiger partial charge in [0, 0.05) is 6.42 Å². The summed E-state index contributed by atoms with van der Waals surface area (Å²) < 4.78 is 11.8. The molecule has 1 aromatic carbocycles. The van der Waals surface area contributed by atoms with Crippen molar-refractivity contribution in [2.24, 2.45) is 5.41 Å². The maximum atomic E-state index is 13.0. The van der Waals surface area contributed by atoms with Gasteiger partial charge in [-0.05, 0) is 75.0 Å². The average molecular weight is 385 g/mol. The van der Waals surface area contributed by atoms with Crippen LogP contribution < -0.4 is 0 Å². The third kappa shape index (κ3) is 4.01. The summed E-state index contributed by atoms with van der Waals surface area (Å²) in [5.41, 5.74) is 3.72. The Balaban J connectivity index is 2.05. The van der Waals surface area contributed by atoms with E-state index in [4.69, 9.17) is 9.47 Å². The van der Waals surface area contributed by atoms with Gasteiger partial charge >= 0.3 is 11.9 Å². The molecule has 1 heterocycles. The van der Waals surface area contributed by atoms with Crippen molar-refractivity contribution in [2.75, 3.05) is 0 Å². The molecule has 0 radical (unpaired) electrons. The van der Waals surface area contributed by atoms with Crippen LogP contribution in [0.5, 0.6) is 0 Å². The fraction of sp³-hybridized carbons (Fsp3) is 0.583. The molecule has 152 valence electrons. The van der Waals surface area contributed by atoms with E-state index in [2.05, 4.69) is 32.9 Å². The van der Waals surface area contributed by atoms with Gasteiger partial charge in [-0.25, -0.2) is 4.79 Å². The maximum absolute atomic E-state index is 13.0. The van der Waals surface area contributed by atoms with Crippen LogP contribution in [-0.2, 0) is 19.1 Å². The fourth-order valence-corrected chi connectivity index (χ4v) is 4.45. The first-order valence-corrected chi connectivity index (χ1v) is 10.3. The highest BCUT2D eigenvalue weighted by molar-refractivity contribution is 6.20. The van der Waals surface area contributed by atoms with E-state index in [9.17, 15) is 9.59 Å². The molecule has 1 aliphatic heterocycles. The number of hydrogen-bond donors (Lipinski definition) is 0. The number of rotatable bonds is 4. The fourth-order valence-electron chi connectivity index (χ4n) is 4.45. The van der Waals surface area contributed by atoms with Gasteiger partial charge in [-0.2, -0.15) is 0 Å². The first kappa shape index (κ1) is 20.6. The van der Waals surface area contributed by atoms with E-state index in [0.29, 0.717) is 30.6 Å². The lowest BCUT2D eigenvalue weighted by atomic mass is 9.89. The van der Waals surface area contributed by atoms with E-state index in [1.54, 1.807) is 0 Å². The van der Waals surface area contributed by atoms with E-state index >= 15 is 0 Å². The molecule has 2 aliphatic rings. The number of carbonyl (C=O) groups excluding carboxylic acids is 2. The lowest BCUT2D eigenvalue weighted by Gasteiger charge is -2.25. The SMILES string of the molecule is Cc1cc(C)c(C2=C(OC(=O)CCC(C)(C)C)C3(CCCC3)OC2=O)c(C)c1. The second-order valence-electron chi connectivity index (χ2n) is 9.60. The molecule has 1 aromatic rings. The molecule has 0 N–H and O–H groups in total. The molecule has 4 heteroatoms. The van der Waals surface area contributed by atoms with Gasteiger partial charge in [0.1, 0.15) is 5.57 Å². The molecule has 0 saturated heterocycles. The Bertz CT molecular complexity index is 810. The molecule has 28 heavy (non-hydrogen) atoms. The van der Waals surface area contributed by atoms with Crippen LogP contribution in [0.3, 0.4) is 0 Å². The zero-order chi connectivity index (χ0) is 20.7. The molecule has 0 aromatic heterocycles. The first-order valence-electron chi connectivity index (χ1n) is 10.3. The van der Waals surface area contributed by atoms with Gasteiger partial charge in [0.15, 0.2) is 11.4 Å². The van der Waals surface area contributed by atoms with Crippen LogP contribution in [0, 0.1) is 26.2 Å². The molecule has 1 aliphatic carbocycles. The highest BCUT2D eigenvalue weighted by Crippen LogP contribution is 2.49. The molecule has 0 unspecified atom stereocenters. The Labute approximate surface area is 168 Å². The Kier molecular flexibility index (Phi) is 5.44. The normalized spacial score (nSPS) is 18.7. The van der Waals surface area contributed by atoms with Gasteiger partial charge in [-0.1, -0.05) is 38.5 Å². The van der Waals surface area contributed by atoms with Crippen molar-refractivity contribution >= 4 is 17.5 Å². The van der Waals surface area contributed by atoms with Crippen molar-refractivity contribution < 1.29 is 19.1 Å². The van der Waals surface area contributed by atoms with Gasteiger partial charge in [0.05, 0.1) is 0 Å². The number of esters is 2. The van der Waals surface area contributed by atoms with Crippen LogP contribution in [0.2, 0.25) is 0 Å². The molecular formula is C24H32O4. The summed E-state index contributed by atoms with van der Waals surface area (Å²) >= 11 is 0. The summed E-state index contributed by atoms with van der Waals surface area (Å²) in [5, 5.41) is 0. The number of benzene rings is 1. The molecule has 3 rings (SSSR count). The summed E-state index contributed by atoms with van der Waals surface area (Å²) in [5.74, 6) is -0.200. The number of hydrogen-bond acceptors (Lipinski definition) is 4. The standard InChI is InChI=1S/C24H32O4/c1-15-13-16(2)19(17(3)14-15)20-21(27-18(25)9-12-23(4,5)6)24(28-22(20)26)10-7-8-11-24/h13-14H,7-12H2,1-6H3. The van der Waals surface area contributed by atoms with E-state index in [-0.39, 0.29) is 17.4 Å². The largest absolute Gasteiger partial charge is 0.447 e. The van der Waals surface area contributed by atoms with Crippen molar-refractivity contribution in [1.29, 1.82) is 0 Å². The summed E-state index contributed by atoms with van der Waals surface area (Å²) in [6.07, 6.45) is 4.43. The number of carbonyl (C=O) groups is 2. The Morgan fingerprint density at radius 2 is 1.68 bits per heavy atom. The van der Waals surface area contributed by atoms with Gasteiger partial charge < -0.3 is 9.47 Å². The molecule has 1 saturated carbocycles. The van der Waals surface area contributed by atoms with Crippen LogP contribution in [0.25, 0.3) is 5.57 Å². The molecule has 4 nitrogen and oxygen atoms in total. The third-order valence-electron chi connectivity index (χ3n) is 5.77. The molecule has 1 fully saturated rings. The second kappa shape index (κ2) is 7.38. The van der Waals surface area contributed by atoms with Crippen molar-refractivity contribution in [2.45, 2.75) is 85.7 Å². The molecule has 0 amide bonds. The van der Waals surface area contributed by atoms with Gasteiger partial charge in [-0.15, -0.1) is 0 Å². The molecular weight excluding hydrogens is 352 g/mol. The monoisotopic (exact) mass is 384 g/mol. The van der Waals surface area contributed by atoms with E-state index in [1.807, 2.05) is 20.8 Å². The van der Waals surface area contributed by atoms with Crippen molar-refractivity contribution in [3.8, 4) is 0 Å². The Hall–Kier alpha value is -2.10. The van der Waals surface area contributed by atoms with Crippen molar-refractivity contribution in [3.63, 3.8) is 0 Å². The summed E-state index contributed by atoms with van der Waals surface area (Å²) in [6.45, 7) is 12.3. The zero-order valence-electron chi connectivity index (χ0n) is 18.0. The van der Waals surface area contributed by atoms with E-state index in [1.165, 1.54) is 0 Å². The lowest BCUT2D eigenvalue weighted by molar-refractivity contribution is -0.152. The van der Waals surface area contributed by atoms with E-state index < -0.39 is 5.60 Å². The number of ether oxygens (including phenoxy) is 2. The van der Waals surface area contributed by atoms with Crippen LogP contribution in [0.15, 0.2) is 17.9 Å². The van der Waals surface area contributed by atoms with Gasteiger partial charge in [0.2, 0.25) is 0 Å². The predicted octanol–water partition coefficient (Wildman–Crippen LogP) is 5.56. The predicted molar refractivity (Wildman–Crippen MR) is 110 cm³/mol. The molecule has 0 bridgehead atoms. The Morgan fingerprint density at radius 1 is 1.11 bits per heavy atom. The summed E-state index contributed by atoms with van der Waals surface area (Å²) in [7, 11) is 0. The lowest BCUT2D eigenvalue weighted by Crippen LogP contribution is -2.30. The smallest absolute Gasteiger partial charge is 0.343 e. The average Bonchev–Trinajstić information content (AvgIpc) is 3.12. The minimum atomic E-state index is -0.770. The van der Waals surface area contributed by atoms with Crippen LogP contribution in [0.1, 0.15) is 81.5 Å². The number of aryl methyl sites for hydroxylation is 3. The summed E-state index contributed by atoms with van der Waals surface area (Å²) in [4.78, 5) is 25.6. The van der Waals surface area contributed by atoms with Crippen LogP contribution in [0.4, 0.5) is 0 Å². The minimum absolute atomic E-state index is 0.0490. The summed E-state index contributed by atoms with van der Waals surface area (Å²) in [6, 6.07) is 4.11. The van der Waals surface area contributed by atoms with Gasteiger partial charge in [0.25, 0.3) is 0 Å². The second-order valence-corrected chi connectivity index (χ2v) is 9.60. The van der Waals surface area contributed by atoms with Crippen molar-refractivity contribution in [3.05, 3.63) is 40.1 Å². The Morgan fingerprint density at radius 3 is 2.21 bits per heavy atom. The topological polar surface area (TPSA) is 52.6 Å². The quantitative estimate of drug-likeness (QED) is 0.638. The third-order valence-corrected chi connectivity index (χ3v) is 5.77.